The summed E-state index contributed by atoms with van der Waals surface area (Å²) in [6.07, 6.45) is 7.28. The van der Waals surface area contributed by atoms with Crippen LogP contribution in [0.2, 0.25) is 0 Å². The molecule has 2 bridgehead atoms. The number of anilines is 1. The lowest BCUT2D eigenvalue weighted by atomic mass is 9.87. The average molecular weight is 178 g/mol. The van der Waals surface area contributed by atoms with Crippen molar-refractivity contribution in [3.63, 3.8) is 0 Å². The Morgan fingerprint density at radius 3 is 2.85 bits per heavy atom. The summed E-state index contributed by atoms with van der Waals surface area (Å²) in [5, 5.41) is 0. The lowest BCUT2D eigenvalue weighted by Crippen LogP contribution is -2.07. The summed E-state index contributed by atoms with van der Waals surface area (Å²) in [5.74, 6) is 3.42. The van der Waals surface area contributed by atoms with Gasteiger partial charge < -0.3 is 10.2 Å². The smallest absolute Gasteiger partial charge is 0.292 e. The third-order valence-electron chi connectivity index (χ3n) is 3.64. The zero-order valence-corrected chi connectivity index (χ0v) is 7.57. The molecular weight excluding hydrogens is 164 g/mol. The van der Waals surface area contributed by atoms with Crippen molar-refractivity contribution < 1.29 is 4.42 Å². The Morgan fingerprint density at radius 1 is 1.38 bits per heavy atom. The number of nitrogen functional groups attached to an aromatic ring is 1. The van der Waals surface area contributed by atoms with Crippen molar-refractivity contribution in [2.75, 3.05) is 5.73 Å². The van der Waals surface area contributed by atoms with E-state index in [0.717, 1.165) is 17.6 Å². The second-order valence-electron chi connectivity index (χ2n) is 4.38. The average Bonchev–Trinajstić information content (AvgIpc) is 2.77. The van der Waals surface area contributed by atoms with Gasteiger partial charge in [0.2, 0.25) is 0 Å². The summed E-state index contributed by atoms with van der Waals surface area (Å²) in [5.41, 5.74) is 5.47. The van der Waals surface area contributed by atoms with Gasteiger partial charge in [-0.05, 0) is 31.1 Å². The Labute approximate surface area is 77.3 Å². The van der Waals surface area contributed by atoms with E-state index in [0.29, 0.717) is 11.9 Å². The van der Waals surface area contributed by atoms with Gasteiger partial charge in [0.15, 0.2) is 0 Å². The van der Waals surface area contributed by atoms with Gasteiger partial charge >= 0.3 is 0 Å². The van der Waals surface area contributed by atoms with E-state index in [1.165, 1.54) is 25.7 Å². The molecule has 0 radical (unpaired) electrons. The Hall–Kier alpha value is -0.990. The highest BCUT2D eigenvalue weighted by Gasteiger charge is 2.41. The number of fused-ring (bicyclic) bond motifs is 2. The number of rotatable bonds is 1. The van der Waals surface area contributed by atoms with Crippen LogP contribution in [0.3, 0.4) is 0 Å². The largest absolute Gasteiger partial charge is 0.429 e. The molecule has 1 aromatic rings. The molecule has 3 unspecified atom stereocenters. The van der Waals surface area contributed by atoms with Crippen LogP contribution in [0.1, 0.15) is 37.4 Å². The molecule has 2 N–H and O–H groups in total. The van der Waals surface area contributed by atoms with Crippen molar-refractivity contribution in [3.8, 4) is 0 Å². The molecule has 0 amide bonds. The molecule has 2 fully saturated rings. The Kier molecular flexibility index (Phi) is 1.43. The van der Waals surface area contributed by atoms with E-state index in [9.17, 15) is 0 Å². The van der Waals surface area contributed by atoms with Crippen LogP contribution in [-0.4, -0.2) is 4.98 Å². The van der Waals surface area contributed by atoms with Crippen LogP contribution in [0.25, 0.3) is 0 Å². The van der Waals surface area contributed by atoms with Gasteiger partial charge in [0.05, 0.1) is 6.20 Å². The maximum atomic E-state index is 5.47. The molecule has 13 heavy (non-hydrogen) atoms. The Balaban J connectivity index is 1.87. The highest BCUT2D eigenvalue weighted by molar-refractivity contribution is 5.16. The van der Waals surface area contributed by atoms with Crippen LogP contribution in [0.15, 0.2) is 10.6 Å². The molecule has 1 aromatic heterocycles. The van der Waals surface area contributed by atoms with E-state index < -0.39 is 0 Å². The first-order chi connectivity index (χ1) is 6.33. The molecule has 2 aliphatic carbocycles. The lowest BCUT2D eigenvalue weighted by molar-refractivity contribution is 0.361. The predicted molar refractivity (Wildman–Crippen MR) is 49.1 cm³/mol. The normalized spacial score (nSPS) is 37.1. The van der Waals surface area contributed by atoms with Crippen molar-refractivity contribution in [1.29, 1.82) is 0 Å². The van der Waals surface area contributed by atoms with Gasteiger partial charge in [-0.25, -0.2) is 4.98 Å². The van der Waals surface area contributed by atoms with Crippen LogP contribution < -0.4 is 5.73 Å². The van der Waals surface area contributed by atoms with Crippen molar-refractivity contribution in [2.45, 2.75) is 31.6 Å². The molecule has 2 aliphatic rings. The van der Waals surface area contributed by atoms with Crippen LogP contribution >= 0.6 is 0 Å². The fourth-order valence-corrected chi connectivity index (χ4v) is 3.07. The van der Waals surface area contributed by atoms with Crippen molar-refractivity contribution in [3.05, 3.63) is 12.0 Å². The van der Waals surface area contributed by atoms with E-state index in [1.54, 1.807) is 6.20 Å². The number of nitrogens with zero attached hydrogens (tertiary/aromatic N) is 1. The van der Waals surface area contributed by atoms with Gasteiger partial charge in [0, 0.05) is 5.92 Å². The summed E-state index contributed by atoms with van der Waals surface area (Å²) in [4.78, 5) is 3.96. The SMILES string of the molecule is Nc1ncc(C2CC3CCC2C3)o1. The molecule has 0 saturated heterocycles. The molecule has 2 saturated carbocycles. The fourth-order valence-electron chi connectivity index (χ4n) is 3.07. The van der Waals surface area contributed by atoms with E-state index in [4.69, 9.17) is 10.2 Å². The molecule has 3 rings (SSSR count). The van der Waals surface area contributed by atoms with Crippen LogP contribution in [-0.2, 0) is 0 Å². The van der Waals surface area contributed by atoms with Gasteiger partial charge in [-0.3, -0.25) is 0 Å². The Bertz CT molecular complexity index is 320. The maximum absolute atomic E-state index is 5.47. The van der Waals surface area contributed by atoms with Gasteiger partial charge in [-0.2, -0.15) is 0 Å². The summed E-state index contributed by atoms with van der Waals surface area (Å²) >= 11 is 0. The molecule has 3 heteroatoms. The molecule has 0 aliphatic heterocycles. The van der Waals surface area contributed by atoms with Crippen molar-refractivity contribution >= 4 is 6.01 Å². The van der Waals surface area contributed by atoms with Crippen LogP contribution in [0.5, 0.6) is 0 Å². The molecule has 3 atom stereocenters. The number of nitrogens with two attached hydrogens (primary N) is 1. The predicted octanol–water partition coefficient (Wildman–Crippen LogP) is 2.16. The van der Waals surface area contributed by atoms with E-state index in [-0.39, 0.29) is 0 Å². The minimum atomic E-state index is 0.317. The summed E-state index contributed by atoms with van der Waals surface area (Å²) in [6, 6.07) is 0.317. The molecular formula is C10H14N2O. The summed E-state index contributed by atoms with van der Waals surface area (Å²) in [6.45, 7) is 0. The zero-order valence-electron chi connectivity index (χ0n) is 7.57. The zero-order chi connectivity index (χ0) is 8.84. The monoisotopic (exact) mass is 178 g/mol. The molecule has 3 nitrogen and oxygen atoms in total. The maximum Gasteiger partial charge on any atom is 0.292 e. The third kappa shape index (κ3) is 1.06. The summed E-state index contributed by atoms with van der Waals surface area (Å²) < 4.78 is 5.39. The van der Waals surface area contributed by atoms with Gasteiger partial charge in [0.1, 0.15) is 5.76 Å². The first-order valence-electron chi connectivity index (χ1n) is 5.04. The number of hydrogen-bond donors (Lipinski definition) is 1. The third-order valence-corrected chi connectivity index (χ3v) is 3.64. The second kappa shape index (κ2) is 2.50. The van der Waals surface area contributed by atoms with Crippen LogP contribution in [0, 0.1) is 11.8 Å². The standard InChI is InChI=1S/C10H14N2O/c11-10-12-5-9(13-10)8-4-6-1-2-7(8)3-6/h5-8H,1-4H2,(H2,11,12). The highest BCUT2D eigenvalue weighted by Crippen LogP contribution is 2.52. The number of hydrogen-bond acceptors (Lipinski definition) is 3. The first-order valence-corrected chi connectivity index (χ1v) is 5.04. The molecule has 0 aromatic carbocycles. The lowest BCUT2D eigenvalue weighted by Gasteiger charge is -2.18. The second-order valence-corrected chi connectivity index (χ2v) is 4.38. The highest BCUT2D eigenvalue weighted by atomic mass is 16.4. The van der Waals surface area contributed by atoms with Crippen molar-refractivity contribution in [2.24, 2.45) is 11.8 Å². The minimum absolute atomic E-state index is 0.317. The first kappa shape index (κ1) is 7.42. The minimum Gasteiger partial charge on any atom is -0.429 e. The topological polar surface area (TPSA) is 52.0 Å². The Morgan fingerprint density at radius 2 is 2.31 bits per heavy atom. The van der Waals surface area contributed by atoms with Gasteiger partial charge in [0.25, 0.3) is 6.01 Å². The summed E-state index contributed by atoms with van der Waals surface area (Å²) in [7, 11) is 0. The number of aromatic nitrogens is 1. The fraction of sp³-hybridized carbons (Fsp3) is 0.700. The number of oxazole rings is 1. The van der Waals surface area contributed by atoms with E-state index in [2.05, 4.69) is 4.98 Å². The molecule has 70 valence electrons. The van der Waals surface area contributed by atoms with E-state index in [1.807, 2.05) is 0 Å². The quantitative estimate of drug-likeness (QED) is 0.717. The van der Waals surface area contributed by atoms with Crippen molar-refractivity contribution in [1.82, 2.24) is 4.98 Å². The van der Waals surface area contributed by atoms with Gasteiger partial charge in [-0.1, -0.05) is 6.42 Å². The van der Waals surface area contributed by atoms with E-state index >= 15 is 0 Å². The van der Waals surface area contributed by atoms with Gasteiger partial charge in [-0.15, -0.1) is 0 Å². The molecule has 1 heterocycles. The van der Waals surface area contributed by atoms with Crippen LogP contribution in [0.4, 0.5) is 6.01 Å². The molecule has 0 spiro atoms.